The number of nitrogens with zero attached hydrogens (tertiary/aromatic N) is 4. The van der Waals surface area contributed by atoms with Gasteiger partial charge < -0.3 is 15.2 Å². The molecule has 2 aliphatic rings. The van der Waals surface area contributed by atoms with E-state index in [9.17, 15) is 4.79 Å². The maximum Gasteiger partial charge on any atom is 0.228 e. The number of carbonyl (C=O) groups is 1. The topological polar surface area (TPSA) is 78.3 Å². The molecule has 2 N–H and O–H groups in total. The molecular weight excluding hydrogens is 444 g/mol. The number of hydrogen-bond acceptors (Lipinski definition) is 5. The number of nitrogens with one attached hydrogen (secondary N) is 2. The molecule has 178 valence electrons. The minimum absolute atomic E-state index is 0.200. The number of aromatic amines is 1. The van der Waals surface area contributed by atoms with Crippen LogP contribution in [0, 0.1) is 19.8 Å². The molecule has 0 aliphatic carbocycles. The monoisotopic (exact) mass is 476 g/mol. The Bertz CT molecular complexity index is 1380. The molecule has 6 heterocycles. The molecule has 7 nitrogen and oxygen atoms in total. The maximum absolute atomic E-state index is 12.6. The van der Waals surface area contributed by atoms with Crippen molar-refractivity contribution >= 4 is 33.1 Å². The van der Waals surface area contributed by atoms with E-state index in [1.807, 2.05) is 15.9 Å². The van der Waals surface area contributed by atoms with Crippen LogP contribution in [0.3, 0.4) is 0 Å². The highest BCUT2D eigenvalue weighted by atomic mass is 32.1. The fourth-order valence-corrected chi connectivity index (χ4v) is 7.15. The first-order valence-electron chi connectivity index (χ1n) is 12.4. The number of amides is 1. The number of carbonyl (C=O) groups excluding carboxylic acids is 1. The number of aryl methyl sites for hydroxylation is 2. The third kappa shape index (κ3) is 3.38. The van der Waals surface area contributed by atoms with Gasteiger partial charge in [0.15, 0.2) is 5.65 Å². The van der Waals surface area contributed by atoms with Crippen LogP contribution in [0.4, 0.5) is 0 Å². The van der Waals surface area contributed by atoms with Crippen molar-refractivity contribution in [2.75, 3.05) is 26.2 Å². The second kappa shape index (κ2) is 8.20. The Morgan fingerprint density at radius 3 is 2.65 bits per heavy atom. The fraction of sp³-hybridized carbons (Fsp3) is 0.500. The molecule has 0 radical (unpaired) electrons. The quantitative estimate of drug-likeness (QED) is 0.451. The van der Waals surface area contributed by atoms with E-state index in [-0.39, 0.29) is 5.92 Å². The van der Waals surface area contributed by atoms with Gasteiger partial charge in [0.2, 0.25) is 5.91 Å². The van der Waals surface area contributed by atoms with Crippen LogP contribution in [0.1, 0.15) is 60.1 Å². The van der Waals surface area contributed by atoms with Crippen LogP contribution in [0.2, 0.25) is 0 Å². The van der Waals surface area contributed by atoms with E-state index in [4.69, 9.17) is 0 Å². The van der Waals surface area contributed by atoms with E-state index in [2.05, 4.69) is 65.2 Å². The van der Waals surface area contributed by atoms with E-state index in [0.717, 1.165) is 55.8 Å². The van der Waals surface area contributed by atoms with Crippen molar-refractivity contribution in [3.05, 3.63) is 40.2 Å². The third-order valence-electron chi connectivity index (χ3n) is 7.69. The number of fused-ring (bicyclic) bond motifs is 2. The van der Waals surface area contributed by atoms with E-state index in [0.29, 0.717) is 17.7 Å². The van der Waals surface area contributed by atoms with Crippen molar-refractivity contribution in [2.45, 2.75) is 52.4 Å². The van der Waals surface area contributed by atoms with Gasteiger partial charge in [0.05, 0.1) is 11.6 Å². The van der Waals surface area contributed by atoms with E-state index < -0.39 is 0 Å². The zero-order valence-electron chi connectivity index (χ0n) is 20.3. The Morgan fingerprint density at radius 2 is 1.97 bits per heavy atom. The van der Waals surface area contributed by atoms with Gasteiger partial charge >= 0.3 is 0 Å². The number of rotatable bonds is 4. The van der Waals surface area contributed by atoms with Gasteiger partial charge in [0, 0.05) is 48.2 Å². The lowest BCUT2D eigenvalue weighted by atomic mass is 9.89. The fourth-order valence-electron chi connectivity index (χ4n) is 5.76. The van der Waals surface area contributed by atoms with E-state index >= 15 is 0 Å². The van der Waals surface area contributed by atoms with Gasteiger partial charge in [-0.2, -0.15) is 5.10 Å². The van der Waals surface area contributed by atoms with Crippen molar-refractivity contribution in [1.29, 1.82) is 0 Å². The predicted octanol–water partition coefficient (Wildman–Crippen LogP) is 4.60. The number of piperidine rings is 1. The minimum atomic E-state index is 0.200. The van der Waals surface area contributed by atoms with Crippen LogP contribution < -0.4 is 5.32 Å². The first-order valence-corrected chi connectivity index (χ1v) is 13.2. The number of thiophene rings is 1. The van der Waals surface area contributed by atoms with Crippen LogP contribution in [0.5, 0.6) is 0 Å². The average molecular weight is 477 g/mol. The third-order valence-corrected chi connectivity index (χ3v) is 9.06. The van der Waals surface area contributed by atoms with Crippen LogP contribution in [0.25, 0.3) is 27.1 Å². The molecule has 0 aromatic carbocycles. The van der Waals surface area contributed by atoms with Gasteiger partial charge in [-0.15, -0.1) is 11.3 Å². The summed E-state index contributed by atoms with van der Waals surface area (Å²) in [5.41, 5.74) is 7.18. The number of aromatic nitrogens is 4. The average Bonchev–Trinajstić information content (AvgIpc) is 3.47. The van der Waals surface area contributed by atoms with Crippen molar-refractivity contribution in [1.82, 2.24) is 29.8 Å². The molecule has 4 aromatic rings. The van der Waals surface area contributed by atoms with Gasteiger partial charge in [0.1, 0.15) is 11.2 Å². The molecule has 0 atom stereocenters. The Hall–Kier alpha value is -2.71. The molecule has 0 spiro atoms. The van der Waals surface area contributed by atoms with Crippen molar-refractivity contribution in [3.63, 3.8) is 0 Å². The normalized spacial score (nSPS) is 17.9. The van der Waals surface area contributed by atoms with Crippen molar-refractivity contribution < 1.29 is 4.79 Å². The Balaban J connectivity index is 1.33. The molecule has 2 saturated heterocycles. The second-order valence-corrected chi connectivity index (χ2v) is 11.3. The molecule has 2 fully saturated rings. The SMILES string of the molecule is Cc1c(C2CCN(C(=O)C3CNC3)CC2)sc2[nH]c(-c3cc(C)c4ncnn4c3)c(C(C)C)c12. The zero-order chi connectivity index (χ0) is 23.6. The smallest absolute Gasteiger partial charge is 0.228 e. The lowest BCUT2D eigenvalue weighted by Crippen LogP contribution is -2.53. The van der Waals surface area contributed by atoms with Gasteiger partial charge in [-0.1, -0.05) is 13.8 Å². The Labute approximate surface area is 203 Å². The summed E-state index contributed by atoms with van der Waals surface area (Å²) >= 11 is 1.91. The van der Waals surface area contributed by atoms with E-state index in [1.54, 1.807) is 6.33 Å². The standard InChI is InChI=1S/C26H32N6OS/c1-14(2)20-21-16(4)23(17-5-7-31(8-6-17)26(33)19-10-27-11-19)34-25(21)30-22(20)18-9-15(3)24-28-13-29-32(24)12-18/h9,12-14,17,19,27,30H,5-8,10-11H2,1-4H3. The Kier molecular flexibility index (Phi) is 5.26. The molecule has 1 amide bonds. The van der Waals surface area contributed by atoms with Crippen LogP contribution in [0.15, 0.2) is 18.6 Å². The summed E-state index contributed by atoms with van der Waals surface area (Å²) in [6.45, 7) is 12.4. The number of pyridine rings is 1. The summed E-state index contributed by atoms with van der Waals surface area (Å²) < 4.78 is 1.87. The summed E-state index contributed by atoms with van der Waals surface area (Å²) in [4.78, 5) is 25.7. The van der Waals surface area contributed by atoms with Crippen LogP contribution in [-0.2, 0) is 4.79 Å². The lowest BCUT2D eigenvalue weighted by Gasteiger charge is -2.37. The van der Waals surface area contributed by atoms with Gasteiger partial charge in [0.25, 0.3) is 0 Å². The molecule has 6 rings (SSSR count). The summed E-state index contributed by atoms with van der Waals surface area (Å²) in [7, 11) is 0. The van der Waals surface area contributed by atoms with Gasteiger partial charge in [-0.25, -0.2) is 9.50 Å². The highest BCUT2D eigenvalue weighted by molar-refractivity contribution is 7.19. The van der Waals surface area contributed by atoms with E-state index in [1.165, 1.54) is 31.9 Å². The number of likely N-dealkylation sites (tertiary alicyclic amines) is 1. The Morgan fingerprint density at radius 1 is 1.21 bits per heavy atom. The largest absolute Gasteiger partial charge is 0.346 e. The predicted molar refractivity (Wildman–Crippen MR) is 137 cm³/mol. The first kappa shape index (κ1) is 21.8. The number of hydrogen-bond donors (Lipinski definition) is 2. The molecular formula is C26H32N6OS. The number of H-pyrrole nitrogens is 1. The minimum Gasteiger partial charge on any atom is -0.346 e. The molecule has 0 bridgehead atoms. The summed E-state index contributed by atoms with van der Waals surface area (Å²) in [6.07, 6.45) is 5.81. The summed E-state index contributed by atoms with van der Waals surface area (Å²) in [5, 5.41) is 8.98. The zero-order valence-corrected chi connectivity index (χ0v) is 21.1. The first-order chi connectivity index (χ1) is 16.4. The van der Waals surface area contributed by atoms with Gasteiger partial charge in [-0.05, 0) is 61.3 Å². The van der Waals surface area contributed by atoms with Crippen LogP contribution >= 0.6 is 11.3 Å². The maximum atomic E-state index is 12.6. The summed E-state index contributed by atoms with van der Waals surface area (Å²) in [6, 6.07) is 2.21. The lowest BCUT2D eigenvalue weighted by molar-refractivity contribution is -0.138. The van der Waals surface area contributed by atoms with Crippen molar-refractivity contribution in [3.8, 4) is 11.3 Å². The summed E-state index contributed by atoms with van der Waals surface area (Å²) in [5.74, 6) is 1.47. The molecule has 34 heavy (non-hydrogen) atoms. The highest BCUT2D eigenvalue weighted by Crippen LogP contribution is 2.46. The molecule has 2 aliphatic heterocycles. The van der Waals surface area contributed by atoms with Crippen LogP contribution in [-0.4, -0.2) is 56.6 Å². The molecule has 0 saturated carbocycles. The molecule has 4 aromatic heterocycles. The molecule has 0 unspecified atom stereocenters. The van der Waals surface area contributed by atoms with Gasteiger partial charge in [-0.3, -0.25) is 4.79 Å². The second-order valence-electron chi connectivity index (χ2n) is 10.3. The molecule has 8 heteroatoms. The highest BCUT2D eigenvalue weighted by Gasteiger charge is 2.33. The van der Waals surface area contributed by atoms with Crippen molar-refractivity contribution in [2.24, 2.45) is 5.92 Å².